The van der Waals surface area contributed by atoms with Crippen LogP contribution in [0.1, 0.15) is 5.56 Å². The minimum atomic E-state index is -0.403. The van der Waals surface area contributed by atoms with E-state index in [0.29, 0.717) is 11.3 Å². The van der Waals surface area contributed by atoms with Crippen molar-refractivity contribution in [2.75, 3.05) is 5.32 Å². The maximum atomic E-state index is 13.0. The van der Waals surface area contributed by atoms with Gasteiger partial charge in [0.2, 0.25) is 0 Å². The zero-order valence-corrected chi connectivity index (χ0v) is 17.4. The summed E-state index contributed by atoms with van der Waals surface area (Å²) in [7, 11) is 0. The van der Waals surface area contributed by atoms with E-state index in [-0.39, 0.29) is 11.8 Å². The highest BCUT2D eigenvalue weighted by Gasteiger charge is 2.14. The second-order valence-corrected chi connectivity index (χ2v) is 7.28. The molecule has 7 heteroatoms. The number of rotatable bonds is 5. The van der Waals surface area contributed by atoms with E-state index in [1.54, 1.807) is 22.7 Å². The molecular formula is C26H18FN5O. The third kappa shape index (κ3) is 4.52. The van der Waals surface area contributed by atoms with Gasteiger partial charge in [-0.25, -0.2) is 9.37 Å². The molecule has 0 radical (unpaired) electrons. The van der Waals surface area contributed by atoms with Crippen LogP contribution in [0.25, 0.3) is 34.4 Å². The number of nitrogens with zero attached hydrogens (tertiary/aromatic N) is 4. The molecule has 0 unspecified atom stereocenters. The third-order valence-electron chi connectivity index (χ3n) is 4.98. The van der Waals surface area contributed by atoms with E-state index in [0.717, 1.165) is 22.5 Å². The predicted octanol–water partition coefficient (Wildman–Crippen LogP) is 5.25. The van der Waals surface area contributed by atoms with Gasteiger partial charge in [-0.15, -0.1) is 5.10 Å². The molecule has 2 aromatic heterocycles. The number of benzene rings is 3. The summed E-state index contributed by atoms with van der Waals surface area (Å²) in [5, 5.41) is 7.13. The normalized spacial score (nSPS) is 11.2. The first-order valence-corrected chi connectivity index (χ1v) is 10.3. The van der Waals surface area contributed by atoms with Crippen LogP contribution in [0, 0.1) is 5.82 Å². The van der Waals surface area contributed by atoms with Gasteiger partial charge in [-0.3, -0.25) is 10.1 Å². The Balaban J connectivity index is 1.49. The minimum absolute atomic E-state index is 0.138. The maximum absolute atomic E-state index is 13.0. The lowest BCUT2D eigenvalue weighted by Gasteiger charge is -2.07. The summed E-state index contributed by atoms with van der Waals surface area (Å²) in [4.78, 5) is 21.5. The van der Waals surface area contributed by atoms with Crippen molar-refractivity contribution in [3.63, 3.8) is 0 Å². The number of carbonyl (C=O) groups excluding carboxylic acids is 1. The number of halogens is 1. The summed E-state index contributed by atoms with van der Waals surface area (Å²) in [6.45, 7) is 0. The molecule has 3 aromatic carbocycles. The standard InChI is InChI=1S/C26H18FN5O/c27-21-14-11-18(12-15-21)13-16-24(33)29-25-30-26-28-22(19-7-3-1-4-8-19)17-23(32(26)31-25)20-9-5-2-6-10-20/h1-17H,(H,29,31,33). The molecule has 0 aliphatic rings. The summed E-state index contributed by atoms with van der Waals surface area (Å²) in [5.74, 6) is -0.228. The molecule has 0 saturated carbocycles. The van der Waals surface area contributed by atoms with Crippen LogP contribution in [0.5, 0.6) is 0 Å². The number of hydrogen-bond donors (Lipinski definition) is 1. The molecule has 1 N–H and O–H groups in total. The predicted molar refractivity (Wildman–Crippen MR) is 126 cm³/mol. The molecule has 6 nitrogen and oxygen atoms in total. The van der Waals surface area contributed by atoms with Crippen molar-refractivity contribution >= 4 is 23.7 Å². The number of nitrogens with one attached hydrogen (secondary N) is 1. The zero-order valence-electron chi connectivity index (χ0n) is 17.4. The van der Waals surface area contributed by atoms with Crippen LogP contribution in [-0.4, -0.2) is 25.5 Å². The molecule has 160 valence electrons. The van der Waals surface area contributed by atoms with Crippen molar-refractivity contribution < 1.29 is 9.18 Å². The van der Waals surface area contributed by atoms with E-state index in [1.165, 1.54) is 18.2 Å². The summed E-state index contributed by atoms with van der Waals surface area (Å²) in [6.07, 6.45) is 2.94. The summed E-state index contributed by atoms with van der Waals surface area (Å²) in [6, 6.07) is 27.4. The van der Waals surface area contributed by atoms with E-state index in [2.05, 4.69) is 20.4 Å². The highest BCUT2D eigenvalue weighted by molar-refractivity contribution is 6.01. The number of aromatic nitrogens is 4. The van der Waals surface area contributed by atoms with Gasteiger partial charge >= 0.3 is 0 Å². The Bertz CT molecular complexity index is 1450. The molecule has 0 saturated heterocycles. The third-order valence-corrected chi connectivity index (χ3v) is 4.98. The Hall–Kier alpha value is -4.65. The fourth-order valence-electron chi connectivity index (χ4n) is 3.39. The Morgan fingerprint density at radius 3 is 2.21 bits per heavy atom. The van der Waals surface area contributed by atoms with Gasteiger partial charge in [-0.2, -0.15) is 9.50 Å². The monoisotopic (exact) mass is 435 g/mol. The van der Waals surface area contributed by atoms with E-state index in [4.69, 9.17) is 0 Å². The Morgan fingerprint density at radius 1 is 0.848 bits per heavy atom. The van der Waals surface area contributed by atoms with Crippen molar-refractivity contribution in [1.29, 1.82) is 0 Å². The Labute approximate surface area is 189 Å². The Morgan fingerprint density at radius 2 is 1.52 bits per heavy atom. The first-order valence-electron chi connectivity index (χ1n) is 10.3. The van der Waals surface area contributed by atoms with Gasteiger partial charge in [-0.1, -0.05) is 72.8 Å². The molecule has 5 rings (SSSR count). The molecule has 5 aromatic rings. The average Bonchev–Trinajstić information content (AvgIpc) is 3.26. The zero-order chi connectivity index (χ0) is 22.6. The van der Waals surface area contributed by atoms with Crippen LogP contribution >= 0.6 is 0 Å². The van der Waals surface area contributed by atoms with Gasteiger partial charge in [0.15, 0.2) is 0 Å². The molecule has 0 fully saturated rings. The fourth-order valence-corrected chi connectivity index (χ4v) is 3.39. The fraction of sp³-hybridized carbons (Fsp3) is 0. The smallest absolute Gasteiger partial charge is 0.255 e. The van der Waals surface area contributed by atoms with Gasteiger partial charge in [0, 0.05) is 17.2 Å². The second-order valence-electron chi connectivity index (χ2n) is 7.28. The highest BCUT2D eigenvalue weighted by atomic mass is 19.1. The Kier molecular flexibility index (Phi) is 5.43. The van der Waals surface area contributed by atoms with Gasteiger partial charge in [0.05, 0.1) is 11.4 Å². The molecular weight excluding hydrogens is 417 g/mol. The van der Waals surface area contributed by atoms with Crippen molar-refractivity contribution in [1.82, 2.24) is 19.6 Å². The molecule has 0 atom stereocenters. The molecule has 33 heavy (non-hydrogen) atoms. The highest BCUT2D eigenvalue weighted by Crippen LogP contribution is 2.26. The number of hydrogen-bond acceptors (Lipinski definition) is 4. The maximum Gasteiger partial charge on any atom is 0.255 e. The van der Waals surface area contributed by atoms with E-state index < -0.39 is 5.91 Å². The summed E-state index contributed by atoms with van der Waals surface area (Å²) < 4.78 is 14.7. The van der Waals surface area contributed by atoms with E-state index >= 15 is 0 Å². The lowest BCUT2D eigenvalue weighted by atomic mass is 10.1. The topological polar surface area (TPSA) is 72.2 Å². The molecule has 0 aliphatic carbocycles. The number of amides is 1. The molecule has 0 bridgehead atoms. The van der Waals surface area contributed by atoms with Crippen LogP contribution < -0.4 is 5.32 Å². The van der Waals surface area contributed by atoms with Crippen LogP contribution in [0.15, 0.2) is 97.1 Å². The van der Waals surface area contributed by atoms with Crippen molar-refractivity contribution in [2.45, 2.75) is 0 Å². The van der Waals surface area contributed by atoms with Crippen LogP contribution in [-0.2, 0) is 4.79 Å². The van der Waals surface area contributed by atoms with Crippen molar-refractivity contribution in [3.05, 3.63) is 108 Å². The second kappa shape index (κ2) is 8.84. The lowest BCUT2D eigenvalue weighted by molar-refractivity contribution is -0.111. The SMILES string of the molecule is O=C(C=Cc1ccc(F)cc1)Nc1nc2nc(-c3ccccc3)cc(-c3ccccc3)n2n1. The quantitative estimate of drug-likeness (QED) is 0.383. The van der Waals surface area contributed by atoms with Gasteiger partial charge in [0.25, 0.3) is 17.6 Å². The largest absolute Gasteiger partial charge is 0.290 e. The molecule has 2 heterocycles. The van der Waals surface area contributed by atoms with Crippen molar-refractivity contribution in [3.8, 4) is 22.5 Å². The first kappa shape index (κ1) is 20.3. The summed E-state index contributed by atoms with van der Waals surface area (Å²) >= 11 is 0. The molecule has 0 aliphatic heterocycles. The first-order chi connectivity index (χ1) is 16.2. The van der Waals surface area contributed by atoms with Crippen LogP contribution in [0.2, 0.25) is 0 Å². The summed E-state index contributed by atoms with van der Waals surface area (Å²) in [5.41, 5.74) is 4.15. The lowest BCUT2D eigenvalue weighted by Crippen LogP contribution is -2.09. The van der Waals surface area contributed by atoms with Crippen molar-refractivity contribution in [2.24, 2.45) is 0 Å². The van der Waals surface area contributed by atoms with Gasteiger partial charge in [-0.05, 0) is 29.8 Å². The molecule has 0 spiro atoms. The van der Waals surface area contributed by atoms with E-state index in [1.807, 2.05) is 66.7 Å². The van der Waals surface area contributed by atoms with Gasteiger partial charge in [0.1, 0.15) is 5.82 Å². The number of carbonyl (C=O) groups is 1. The average molecular weight is 435 g/mol. The van der Waals surface area contributed by atoms with E-state index in [9.17, 15) is 9.18 Å². The minimum Gasteiger partial charge on any atom is -0.290 e. The van der Waals surface area contributed by atoms with Crippen LogP contribution in [0.3, 0.4) is 0 Å². The van der Waals surface area contributed by atoms with Crippen LogP contribution in [0.4, 0.5) is 10.3 Å². The molecule has 1 amide bonds. The number of anilines is 1. The van der Waals surface area contributed by atoms with Gasteiger partial charge < -0.3 is 0 Å². The number of fused-ring (bicyclic) bond motifs is 1.